The minimum Gasteiger partial charge on any atom is -0.352 e. The average Bonchev–Trinajstić information content (AvgIpc) is 2.40. The summed E-state index contributed by atoms with van der Waals surface area (Å²) in [5.41, 5.74) is -0.923. The Labute approximate surface area is 101 Å². The zero-order chi connectivity index (χ0) is 13.2. The second-order valence-electron chi connectivity index (χ2n) is 4.82. The molecule has 0 aliphatic carbocycles. The van der Waals surface area contributed by atoms with Gasteiger partial charge in [0.2, 0.25) is 5.91 Å². The summed E-state index contributed by atoms with van der Waals surface area (Å²) in [6.45, 7) is 6.81. The molecule has 1 aliphatic heterocycles. The van der Waals surface area contributed by atoms with Crippen LogP contribution in [-0.2, 0) is 9.59 Å². The van der Waals surface area contributed by atoms with Crippen LogP contribution in [0.3, 0.4) is 0 Å². The van der Waals surface area contributed by atoms with Crippen molar-refractivity contribution in [3.63, 3.8) is 0 Å². The van der Waals surface area contributed by atoms with Crippen LogP contribution in [0.1, 0.15) is 34.1 Å². The van der Waals surface area contributed by atoms with Gasteiger partial charge in [0.25, 0.3) is 5.91 Å². The number of urea groups is 1. The lowest BCUT2D eigenvalue weighted by Crippen LogP contribution is -2.44. The molecule has 6 nitrogen and oxygen atoms in total. The van der Waals surface area contributed by atoms with Crippen molar-refractivity contribution in [3.05, 3.63) is 0 Å². The van der Waals surface area contributed by atoms with E-state index in [9.17, 15) is 14.4 Å². The van der Waals surface area contributed by atoms with Gasteiger partial charge in [0.05, 0.1) is 0 Å². The molecule has 0 bridgehead atoms. The first kappa shape index (κ1) is 13.5. The first-order chi connectivity index (χ1) is 7.77. The van der Waals surface area contributed by atoms with Crippen LogP contribution in [-0.4, -0.2) is 40.9 Å². The van der Waals surface area contributed by atoms with Crippen LogP contribution >= 0.6 is 0 Å². The van der Waals surface area contributed by atoms with Crippen molar-refractivity contribution in [2.45, 2.75) is 45.7 Å². The molecular weight excluding hydrogens is 222 g/mol. The molecular formula is C11H19N3O3. The van der Waals surface area contributed by atoms with Crippen LogP contribution in [0.15, 0.2) is 0 Å². The molecule has 0 radical (unpaired) electrons. The van der Waals surface area contributed by atoms with Gasteiger partial charge < -0.3 is 10.6 Å². The molecule has 96 valence electrons. The zero-order valence-corrected chi connectivity index (χ0v) is 10.7. The van der Waals surface area contributed by atoms with E-state index in [0.717, 1.165) is 11.3 Å². The smallest absolute Gasteiger partial charge is 0.325 e. The number of imide groups is 1. The number of rotatable bonds is 4. The molecule has 1 atom stereocenters. The van der Waals surface area contributed by atoms with Gasteiger partial charge in [-0.3, -0.25) is 14.5 Å². The Kier molecular flexibility index (Phi) is 3.75. The summed E-state index contributed by atoms with van der Waals surface area (Å²) in [4.78, 5) is 35.8. The van der Waals surface area contributed by atoms with E-state index >= 15 is 0 Å². The Hall–Kier alpha value is -1.59. The van der Waals surface area contributed by atoms with Gasteiger partial charge in [-0.1, -0.05) is 6.92 Å². The fourth-order valence-corrected chi connectivity index (χ4v) is 1.53. The summed E-state index contributed by atoms with van der Waals surface area (Å²) >= 11 is 0. The number of carbonyl (C=O) groups excluding carboxylic acids is 3. The number of amides is 4. The van der Waals surface area contributed by atoms with Gasteiger partial charge in [0.15, 0.2) is 0 Å². The Bertz CT molecular complexity index is 352. The number of hydrogen-bond acceptors (Lipinski definition) is 3. The highest BCUT2D eigenvalue weighted by molar-refractivity contribution is 6.08. The number of nitrogens with one attached hydrogen (secondary N) is 2. The highest BCUT2D eigenvalue weighted by atomic mass is 16.2. The molecule has 1 rings (SSSR count). The van der Waals surface area contributed by atoms with Crippen molar-refractivity contribution in [2.24, 2.45) is 0 Å². The molecule has 0 spiro atoms. The Balaban J connectivity index is 2.61. The van der Waals surface area contributed by atoms with Crippen LogP contribution in [0.25, 0.3) is 0 Å². The van der Waals surface area contributed by atoms with E-state index in [1.54, 1.807) is 13.8 Å². The molecule has 17 heavy (non-hydrogen) atoms. The minimum absolute atomic E-state index is 0.0382. The molecule has 0 aromatic carbocycles. The molecule has 0 saturated carbocycles. The largest absolute Gasteiger partial charge is 0.352 e. The van der Waals surface area contributed by atoms with Crippen LogP contribution in [0.2, 0.25) is 0 Å². The van der Waals surface area contributed by atoms with Gasteiger partial charge >= 0.3 is 6.03 Å². The van der Waals surface area contributed by atoms with Crippen molar-refractivity contribution in [2.75, 3.05) is 6.54 Å². The lowest BCUT2D eigenvalue weighted by Gasteiger charge is -2.17. The van der Waals surface area contributed by atoms with Gasteiger partial charge in [-0.25, -0.2) is 4.79 Å². The highest BCUT2D eigenvalue weighted by Crippen LogP contribution is 2.15. The van der Waals surface area contributed by atoms with Gasteiger partial charge in [0, 0.05) is 6.04 Å². The third-order valence-corrected chi connectivity index (χ3v) is 2.77. The monoisotopic (exact) mass is 241 g/mol. The molecule has 4 amide bonds. The van der Waals surface area contributed by atoms with E-state index in [1.165, 1.54) is 0 Å². The minimum atomic E-state index is -0.923. The lowest BCUT2D eigenvalue weighted by molar-refractivity contribution is -0.134. The van der Waals surface area contributed by atoms with Crippen molar-refractivity contribution in [1.29, 1.82) is 0 Å². The van der Waals surface area contributed by atoms with Gasteiger partial charge in [0.1, 0.15) is 12.1 Å². The summed E-state index contributed by atoms with van der Waals surface area (Å²) < 4.78 is 0. The maximum Gasteiger partial charge on any atom is 0.325 e. The molecule has 1 saturated heterocycles. The quantitative estimate of drug-likeness (QED) is 0.692. The number of hydrogen-bond donors (Lipinski definition) is 2. The maximum absolute atomic E-state index is 11.8. The van der Waals surface area contributed by atoms with Crippen LogP contribution in [0.4, 0.5) is 4.79 Å². The molecule has 1 heterocycles. The van der Waals surface area contributed by atoms with Crippen LogP contribution in [0, 0.1) is 0 Å². The fourth-order valence-electron chi connectivity index (χ4n) is 1.53. The van der Waals surface area contributed by atoms with Crippen molar-refractivity contribution in [1.82, 2.24) is 15.5 Å². The van der Waals surface area contributed by atoms with E-state index in [0.29, 0.717) is 0 Å². The van der Waals surface area contributed by atoms with Gasteiger partial charge in [-0.05, 0) is 27.2 Å². The van der Waals surface area contributed by atoms with E-state index in [2.05, 4.69) is 10.6 Å². The molecule has 1 aliphatic rings. The van der Waals surface area contributed by atoms with Crippen LogP contribution < -0.4 is 10.6 Å². The van der Waals surface area contributed by atoms with Gasteiger partial charge in [-0.15, -0.1) is 0 Å². The summed E-state index contributed by atoms with van der Waals surface area (Å²) in [6, 6.07) is -0.476. The summed E-state index contributed by atoms with van der Waals surface area (Å²) in [5, 5.41) is 5.24. The summed E-state index contributed by atoms with van der Waals surface area (Å²) in [7, 11) is 0. The van der Waals surface area contributed by atoms with E-state index in [-0.39, 0.29) is 24.4 Å². The second-order valence-corrected chi connectivity index (χ2v) is 4.82. The summed E-state index contributed by atoms with van der Waals surface area (Å²) in [6.07, 6.45) is 0.803. The summed E-state index contributed by atoms with van der Waals surface area (Å²) in [5.74, 6) is -0.692. The number of nitrogens with zero attached hydrogens (tertiary/aromatic N) is 1. The van der Waals surface area contributed by atoms with Crippen molar-refractivity contribution < 1.29 is 14.4 Å². The first-order valence-corrected chi connectivity index (χ1v) is 5.71. The Morgan fingerprint density at radius 3 is 2.47 bits per heavy atom. The zero-order valence-electron chi connectivity index (χ0n) is 10.7. The predicted octanol–water partition coefficient (Wildman–Crippen LogP) is 0.231. The Morgan fingerprint density at radius 2 is 2.06 bits per heavy atom. The average molecular weight is 241 g/mol. The molecule has 1 unspecified atom stereocenters. The number of carbonyl (C=O) groups is 3. The van der Waals surface area contributed by atoms with Gasteiger partial charge in [-0.2, -0.15) is 0 Å². The molecule has 1 fully saturated rings. The maximum atomic E-state index is 11.8. The van der Waals surface area contributed by atoms with E-state index in [4.69, 9.17) is 0 Å². The third-order valence-electron chi connectivity index (χ3n) is 2.77. The first-order valence-electron chi connectivity index (χ1n) is 5.71. The van der Waals surface area contributed by atoms with Crippen LogP contribution in [0.5, 0.6) is 0 Å². The topological polar surface area (TPSA) is 78.5 Å². The van der Waals surface area contributed by atoms with E-state index in [1.807, 2.05) is 13.8 Å². The third kappa shape index (κ3) is 2.95. The Morgan fingerprint density at radius 1 is 1.47 bits per heavy atom. The highest BCUT2D eigenvalue weighted by Gasteiger charge is 2.44. The molecule has 2 N–H and O–H groups in total. The van der Waals surface area contributed by atoms with E-state index < -0.39 is 11.6 Å². The molecule has 0 aromatic rings. The van der Waals surface area contributed by atoms with Crippen molar-refractivity contribution in [3.8, 4) is 0 Å². The molecule has 0 aromatic heterocycles. The SMILES string of the molecule is CCC(C)NC(=O)CN1C(=O)NC(C)(C)C1=O. The standard InChI is InChI=1S/C11H19N3O3/c1-5-7(2)12-8(15)6-14-9(16)11(3,4)13-10(14)17/h7H,5-6H2,1-4H3,(H,12,15)(H,13,17). The predicted molar refractivity (Wildman–Crippen MR) is 62.2 cm³/mol. The normalized spacial score (nSPS) is 20.1. The fraction of sp³-hybridized carbons (Fsp3) is 0.727. The van der Waals surface area contributed by atoms with Crippen molar-refractivity contribution >= 4 is 17.8 Å². The molecule has 6 heteroatoms. The lowest BCUT2D eigenvalue weighted by atomic mass is 10.1. The second kappa shape index (κ2) is 4.73.